The summed E-state index contributed by atoms with van der Waals surface area (Å²) in [5.41, 5.74) is 9.88. The summed E-state index contributed by atoms with van der Waals surface area (Å²) in [6.07, 6.45) is 6.97. The number of fused-ring (bicyclic) bond motifs is 5. The van der Waals surface area contributed by atoms with E-state index in [-0.39, 0.29) is 41.4 Å². The molecule has 3 saturated carbocycles. The zero-order chi connectivity index (χ0) is 38.1. The Labute approximate surface area is 318 Å². The van der Waals surface area contributed by atoms with Gasteiger partial charge in [-0.15, -0.1) is 0 Å². The molecule has 0 saturated heterocycles. The predicted octanol–water partition coefficient (Wildman–Crippen LogP) is 7.08. The summed E-state index contributed by atoms with van der Waals surface area (Å²) in [6, 6.07) is 26.8. The Morgan fingerprint density at radius 1 is 0.944 bits per heavy atom. The minimum absolute atomic E-state index is 0.0752. The number of aliphatic hydroxyl groups is 1. The highest BCUT2D eigenvalue weighted by atomic mass is 16.6. The van der Waals surface area contributed by atoms with Gasteiger partial charge in [0.25, 0.3) is 11.8 Å². The molecule has 0 bridgehead atoms. The molecule has 4 aliphatic rings. The molecule has 0 aromatic heterocycles. The molecule has 9 heteroatoms. The van der Waals surface area contributed by atoms with Gasteiger partial charge in [0.05, 0.1) is 17.5 Å². The van der Waals surface area contributed by atoms with E-state index in [0.29, 0.717) is 43.6 Å². The number of hydrogen-bond acceptors (Lipinski definition) is 7. The number of nitrogens with two attached hydrogens (primary N) is 1. The van der Waals surface area contributed by atoms with Crippen LogP contribution in [-0.2, 0) is 27.4 Å². The normalized spacial score (nSPS) is 31.4. The van der Waals surface area contributed by atoms with E-state index in [2.05, 4.69) is 30.6 Å². The number of aliphatic imine (C=N–C) groups is 1. The van der Waals surface area contributed by atoms with E-state index in [1.807, 2.05) is 72.8 Å². The maximum atomic E-state index is 14.3. The highest BCUT2D eigenvalue weighted by molar-refractivity contribution is 6.11. The molecule has 0 aliphatic heterocycles. The van der Waals surface area contributed by atoms with Crippen LogP contribution in [0.1, 0.15) is 87.2 Å². The molecule has 6 unspecified atom stereocenters. The van der Waals surface area contributed by atoms with Crippen LogP contribution in [-0.4, -0.2) is 40.3 Å². The van der Waals surface area contributed by atoms with Gasteiger partial charge in [-0.05, 0) is 109 Å². The Bertz CT molecular complexity index is 1990. The molecule has 0 spiro atoms. The lowest BCUT2D eigenvalue weighted by molar-refractivity contribution is -0.201. The molecular formula is C45H52N4O5. The summed E-state index contributed by atoms with van der Waals surface area (Å²) in [5.74, 6) is -0.735. The molecule has 4 aliphatic carbocycles. The lowest BCUT2D eigenvalue weighted by atomic mass is 9.45. The molecule has 3 aromatic carbocycles. The molecule has 3 fully saturated rings. The van der Waals surface area contributed by atoms with Crippen LogP contribution in [0.25, 0.3) is 0 Å². The van der Waals surface area contributed by atoms with Crippen LogP contribution in [0.4, 0.5) is 5.69 Å². The number of benzene rings is 3. The first-order chi connectivity index (χ1) is 26.0. The molecule has 9 nitrogen and oxygen atoms in total. The van der Waals surface area contributed by atoms with Crippen LogP contribution in [0.3, 0.4) is 0 Å². The van der Waals surface area contributed by atoms with Gasteiger partial charge in [-0.3, -0.25) is 14.4 Å². The summed E-state index contributed by atoms with van der Waals surface area (Å²) >= 11 is 0. The van der Waals surface area contributed by atoms with E-state index in [1.165, 1.54) is 5.57 Å². The van der Waals surface area contributed by atoms with Crippen LogP contribution >= 0.6 is 0 Å². The van der Waals surface area contributed by atoms with Crippen molar-refractivity contribution in [2.75, 3.05) is 0 Å². The van der Waals surface area contributed by atoms with Crippen molar-refractivity contribution in [3.8, 4) is 0 Å². The second-order valence-corrected chi connectivity index (χ2v) is 16.1. The highest BCUT2D eigenvalue weighted by Gasteiger charge is 2.70. The topological polar surface area (TPSA) is 143 Å². The smallest absolute Gasteiger partial charge is 0.306 e. The molecule has 5 N–H and O–H groups in total. The fourth-order valence-corrected chi connectivity index (χ4v) is 10.4. The van der Waals surface area contributed by atoms with E-state index in [9.17, 15) is 19.5 Å². The molecule has 2 amide bonds. The quantitative estimate of drug-likeness (QED) is 0.174. The first-order valence-corrected chi connectivity index (χ1v) is 19.4. The number of nitrogens with one attached hydrogen (secondary N) is 2. The van der Waals surface area contributed by atoms with Crippen LogP contribution in [0, 0.1) is 28.6 Å². The van der Waals surface area contributed by atoms with Gasteiger partial charge < -0.3 is 26.2 Å². The summed E-state index contributed by atoms with van der Waals surface area (Å²) < 4.78 is 6.25. The molecule has 7 atom stereocenters. The lowest BCUT2D eigenvalue weighted by Gasteiger charge is -2.60. The molecule has 282 valence electrons. The van der Waals surface area contributed by atoms with Gasteiger partial charge in [0, 0.05) is 30.5 Å². The van der Waals surface area contributed by atoms with Crippen molar-refractivity contribution < 1.29 is 24.2 Å². The highest BCUT2D eigenvalue weighted by Crippen LogP contribution is 2.68. The van der Waals surface area contributed by atoms with Gasteiger partial charge in [0.1, 0.15) is 0 Å². The van der Waals surface area contributed by atoms with Crippen molar-refractivity contribution in [1.29, 1.82) is 0 Å². The fourth-order valence-electron chi connectivity index (χ4n) is 10.4. The Kier molecular flexibility index (Phi) is 10.4. The van der Waals surface area contributed by atoms with Crippen LogP contribution in [0.2, 0.25) is 0 Å². The molecular weight excluding hydrogens is 677 g/mol. The molecule has 54 heavy (non-hydrogen) atoms. The second-order valence-electron chi connectivity index (χ2n) is 16.1. The van der Waals surface area contributed by atoms with Gasteiger partial charge in [0.15, 0.2) is 5.60 Å². The van der Waals surface area contributed by atoms with E-state index in [4.69, 9.17) is 15.5 Å². The minimum Gasteiger partial charge on any atom is -0.448 e. The Balaban J connectivity index is 1.14. The standard InChI is InChI=1S/C45H52N4O5/c1-4-39(51)54-45(42(53)48-28-30-14-9-6-10-15-30)21-20-36-35-19-18-33-23-37(32(26-46)24-43(33,2)40(35)38(50)25-44(36,45)3)49-34-17-11-16-31(22-34)41(52)47-27-29-12-7-5-8-13-29/h5-17,22-23,26,35-36,38,40,50H,4,18-21,24-25,27-28,46H2,1-3H3,(H,47,52)(H,48,53)/t35?,36?,38?,40?,43?,44?,45-/m0/s1. The van der Waals surface area contributed by atoms with E-state index in [1.54, 1.807) is 25.3 Å². The van der Waals surface area contributed by atoms with Crippen molar-refractivity contribution in [2.24, 2.45) is 39.3 Å². The number of nitrogens with zero attached hydrogens (tertiary/aromatic N) is 1. The minimum atomic E-state index is -1.37. The third-order valence-corrected chi connectivity index (χ3v) is 13.1. The Morgan fingerprint density at radius 3 is 2.30 bits per heavy atom. The zero-order valence-corrected chi connectivity index (χ0v) is 31.5. The largest absolute Gasteiger partial charge is 0.448 e. The maximum Gasteiger partial charge on any atom is 0.306 e. The van der Waals surface area contributed by atoms with Crippen molar-refractivity contribution in [1.82, 2.24) is 10.6 Å². The number of carbonyl (C=O) groups excluding carboxylic acids is 3. The number of carbonyl (C=O) groups is 3. The van der Waals surface area contributed by atoms with E-state index >= 15 is 0 Å². The van der Waals surface area contributed by atoms with Crippen molar-refractivity contribution in [2.45, 2.75) is 90.5 Å². The van der Waals surface area contributed by atoms with E-state index < -0.39 is 23.1 Å². The third-order valence-electron chi connectivity index (χ3n) is 13.1. The third kappa shape index (κ3) is 6.68. The average Bonchev–Trinajstić information content (AvgIpc) is 3.48. The molecule has 0 radical (unpaired) electrons. The van der Waals surface area contributed by atoms with Gasteiger partial charge >= 0.3 is 5.97 Å². The summed E-state index contributed by atoms with van der Waals surface area (Å²) in [5, 5.41) is 18.4. The summed E-state index contributed by atoms with van der Waals surface area (Å²) in [6.45, 7) is 6.82. The van der Waals surface area contributed by atoms with Crippen LogP contribution in [0.5, 0.6) is 0 Å². The van der Waals surface area contributed by atoms with Gasteiger partial charge in [-0.1, -0.05) is 93.1 Å². The summed E-state index contributed by atoms with van der Waals surface area (Å²) in [7, 11) is 0. The Hall–Kier alpha value is -5.02. The fraction of sp³-hybridized carbons (Fsp3) is 0.422. The molecule has 3 aromatic rings. The van der Waals surface area contributed by atoms with Gasteiger partial charge in [-0.2, -0.15) is 0 Å². The van der Waals surface area contributed by atoms with E-state index in [0.717, 1.165) is 41.7 Å². The van der Waals surface area contributed by atoms with Crippen molar-refractivity contribution in [3.63, 3.8) is 0 Å². The van der Waals surface area contributed by atoms with Crippen LogP contribution < -0.4 is 16.4 Å². The van der Waals surface area contributed by atoms with Gasteiger partial charge in [-0.25, -0.2) is 4.99 Å². The Morgan fingerprint density at radius 2 is 1.63 bits per heavy atom. The number of aliphatic hydroxyl groups excluding tert-OH is 1. The van der Waals surface area contributed by atoms with Crippen molar-refractivity contribution >= 4 is 29.2 Å². The number of hydrogen-bond donors (Lipinski definition) is 4. The predicted molar refractivity (Wildman–Crippen MR) is 209 cm³/mol. The SMILES string of the molecule is CCC(=O)O[C@]1(C(=O)NCc2ccccc2)CCC2C3CCC4=CC(=Nc5cccc(C(=O)NCc6ccccc6)c5)C(=CN)CC4(C)C3C(O)CC21C. The summed E-state index contributed by atoms with van der Waals surface area (Å²) in [4.78, 5) is 45.4. The maximum absolute atomic E-state index is 14.3. The van der Waals surface area contributed by atoms with Gasteiger partial charge in [0.2, 0.25) is 0 Å². The van der Waals surface area contributed by atoms with Crippen molar-refractivity contribution in [3.05, 3.63) is 125 Å². The number of amides is 2. The average molecular weight is 729 g/mol. The lowest BCUT2D eigenvalue weighted by Crippen LogP contribution is -2.64. The number of rotatable bonds is 9. The second kappa shape index (κ2) is 15.0. The van der Waals surface area contributed by atoms with Crippen LogP contribution in [0.15, 0.2) is 113 Å². The molecule has 7 rings (SSSR count). The molecule has 0 heterocycles. The number of ether oxygens (including phenoxy) is 1. The first-order valence-electron chi connectivity index (χ1n) is 19.4. The first kappa shape index (κ1) is 37.3. The zero-order valence-electron chi connectivity index (χ0n) is 31.5. The number of esters is 1. The monoisotopic (exact) mass is 728 g/mol. The number of allylic oxidation sites excluding steroid dienone is 3.